The molecule has 1 fully saturated rings. The Balaban J connectivity index is 1.95. The van der Waals surface area contributed by atoms with Crippen LogP contribution in [0.2, 0.25) is 5.02 Å². The second kappa shape index (κ2) is 6.87. The minimum absolute atomic E-state index is 0.121. The van der Waals surface area contributed by atoms with Crippen LogP contribution in [0.15, 0.2) is 47.1 Å². The normalized spacial score (nSPS) is 14.6. The summed E-state index contributed by atoms with van der Waals surface area (Å²) in [5.41, 5.74) is 0.439. The van der Waals surface area contributed by atoms with Crippen molar-refractivity contribution >= 4 is 29.2 Å². The summed E-state index contributed by atoms with van der Waals surface area (Å²) in [7, 11) is 0. The molecular weight excluding hydrogens is 316 g/mol. The van der Waals surface area contributed by atoms with E-state index in [0.29, 0.717) is 23.8 Å². The van der Waals surface area contributed by atoms with Gasteiger partial charge in [-0.25, -0.2) is 9.69 Å². The molecule has 2 aromatic rings. The molecule has 2 heterocycles. The summed E-state index contributed by atoms with van der Waals surface area (Å²) in [5, 5.41) is 0.464. The van der Waals surface area contributed by atoms with Crippen LogP contribution in [0, 0.1) is 0 Å². The van der Waals surface area contributed by atoms with Crippen LogP contribution in [0.5, 0.6) is 0 Å². The highest BCUT2D eigenvalue weighted by Gasteiger charge is 2.31. The van der Waals surface area contributed by atoms with E-state index >= 15 is 0 Å². The Bertz CT molecular complexity index is 694. The van der Waals surface area contributed by atoms with Crippen molar-refractivity contribution in [2.45, 2.75) is 19.3 Å². The number of piperidine rings is 1. The van der Waals surface area contributed by atoms with Crippen LogP contribution >= 0.6 is 11.6 Å². The second-order valence-corrected chi connectivity index (χ2v) is 5.86. The molecule has 1 aliphatic heterocycles. The Labute approximate surface area is 139 Å². The third kappa shape index (κ3) is 3.40. The van der Waals surface area contributed by atoms with Gasteiger partial charge in [-0.1, -0.05) is 17.7 Å². The van der Waals surface area contributed by atoms with Gasteiger partial charge in [-0.2, -0.15) is 0 Å². The molecule has 0 aliphatic carbocycles. The van der Waals surface area contributed by atoms with Crippen molar-refractivity contribution in [2.24, 2.45) is 0 Å². The summed E-state index contributed by atoms with van der Waals surface area (Å²) in [6.07, 6.45) is 4.41. The van der Waals surface area contributed by atoms with Gasteiger partial charge in [-0.15, -0.1) is 0 Å². The van der Waals surface area contributed by atoms with E-state index in [4.69, 9.17) is 16.0 Å². The summed E-state index contributed by atoms with van der Waals surface area (Å²) in [4.78, 5) is 28.5. The fraction of sp³-hybridized carbons (Fsp3) is 0.294. The predicted octanol–water partition coefficient (Wildman–Crippen LogP) is 4.19. The fourth-order valence-corrected chi connectivity index (χ4v) is 2.85. The van der Waals surface area contributed by atoms with E-state index in [9.17, 15) is 9.59 Å². The van der Waals surface area contributed by atoms with Gasteiger partial charge in [0.25, 0.3) is 0 Å². The van der Waals surface area contributed by atoms with Gasteiger partial charge < -0.3 is 9.32 Å². The summed E-state index contributed by atoms with van der Waals surface area (Å²) in [6.45, 7) is 1.31. The van der Waals surface area contributed by atoms with Crippen molar-refractivity contribution in [1.82, 2.24) is 4.90 Å². The van der Waals surface area contributed by atoms with Crippen LogP contribution in [0.25, 0.3) is 0 Å². The lowest BCUT2D eigenvalue weighted by Gasteiger charge is -2.31. The number of carbonyl (C=O) groups excluding carboxylic acids is 2. The van der Waals surface area contributed by atoms with Crippen LogP contribution < -0.4 is 4.90 Å². The maximum Gasteiger partial charge on any atom is 0.331 e. The number of halogens is 1. The van der Waals surface area contributed by atoms with Crippen LogP contribution in [-0.2, 0) is 0 Å². The molecule has 23 heavy (non-hydrogen) atoms. The maximum atomic E-state index is 12.9. The molecule has 0 atom stereocenters. The average molecular weight is 333 g/mol. The number of rotatable bonds is 2. The smallest absolute Gasteiger partial charge is 0.331 e. The van der Waals surface area contributed by atoms with Gasteiger partial charge >= 0.3 is 11.9 Å². The number of carbonyl (C=O) groups is 2. The van der Waals surface area contributed by atoms with Crippen LogP contribution in [0.1, 0.15) is 29.8 Å². The summed E-state index contributed by atoms with van der Waals surface area (Å²) in [5.74, 6) is -0.372. The van der Waals surface area contributed by atoms with Gasteiger partial charge in [0.1, 0.15) is 0 Å². The first-order chi connectivity index (χ1) is 11.2. The standard InChI is InChI=1S/C17H17ClN2O3/c18-13-6-4-7-14(12-13)20(16(21)15-8-5-11-23-15)17(22)19-9-2-1-3-10-19/h4-8,11-12H,1-3,9-10H2. The van der Waals surface area contributed by atoms with Gasteiger partial charge in [-0.05, 0) is 49.6 Å². The highest BCUT2D eigenvalue weighted by molar-refractivity contribution is 6.31. The Hall–Kier alpha value is -2.27. The Morgan fingerprint density at radius 2 is 1.87 bits per heavy atom. The molecule has 0 spiro atoms. The molecule has 1 saturated heterocycles. The summed E-state index contributed by atoms with van der Waals surface area (Å²) in [6, 6.07) is 9.53. The van der Waals surface area contributed by atoms with E-state index in [0.717, 1.165) is 24.2 Å². The van der Waals surface area contributed by atoms with Crippen molar-refractivity contribution in [3.63, 3.8) is 0 Å². The molecule has 1 aliphatic rings. The molecule has 0 saturated carbocycles. The molecular formula is C17H17ClN2O3. The highest BCUT2D eigenvalue weighted by atomic mass is 35.5. The van der Waals surface area contributed by atoms with Gasteiger partial charge in [0.15, 0.2) is 5.76 Å². The number of benzene rings is 1. The van der Waals surface area contributed by atoms with Crippen LogP contribution in [0.3, 0.4) is 0 Å². The third-order valence-electron chi connectivity index (χ3n) is 3.82. The Morgan fingerprint density at radius 1 is 1.09 bits per heavy atom. The highest BCUT2D eigenvalue weighted by Crippen LogP contribution is 2.24. The van der Waals surface area contributed by atoms with Crippen molar-refractivity contribution in [1.29, 1.82) is 0 Å². The fourth-order valence-electron chi connectivity index (χ4n) is 2.67. The van der Waals surface area contributed by atoms with Crippen molar-refractivity contribution in [3.8, 4) is 0 Å². The van der Waals surface area contributed by atoms with Gasteiger partial charge in [0.05, 0.1) is 12.0 Å². The lowest BCUT2D eigenvalue weighted by molar-refractivity contribution is 0.0957. The minimum atomic E-state index is -0.493. The zero-order valence-electron chi connectivity index (χ0n) is 12.6. The number of furan rings is 1. The molecule has 1 aromatic carbocycles. The minimum Gasteiger partial charge on any atom is -0.459 e. The number of likely N-dealkylation sites (tertiary alicyclic amines) is 1. The first-order valence-corrected chi connectivity index (χ1v) is 7.97. The number of urea groups is 1. The first-order valence-electron chi connectivity index (χ1n) is 7.59. The van der Waals surface area contributed by atoms with Gasteiger partial charge in [0.2, 0.25) is 0 Å². The van der Waals surface area contributed by atoms with Crippen LogP contribution in [0.4, 0.5) is 10.5 Å². The zero-order chi connectivity index (χ0) is 16.2. The molecule has 0 radical (unpaired) electrons. The van der Waals surface area contributed by atoms with Crippen molar-refractivity contribution in [2.75, 3.05) is 18.0 Å². The monoisotopic (exact) mass is 332 g/mol. The number of imide groups is 1. The molecule has 0 N–H and O–H groups in total. The summed E-state index contributed by atoms with van der Waals surface area (Å²) >= 11 is 6.02. The van der Waals surface area contributed by atoms with E-state index in [1.165, 1.54) is 6.26 Å². The van der Waals surface area contributed by atoms with E-state index in [1.807, 2.05) is 0 Å². The van der Waals surface area contributed by atoms with Crippen molar-refractivity contribution in [3.05, 3.63) is 53.4 Å². The third-order valence-corrected chi connectivity index (χ3v) is 4.05. The zero-order valence-corrected chi connectivity index (χ0v) is 13.3. The topological polar surface area (TPSA) is 53.8 Å². The van der Waals surface area contributed by atoms with E-state index in [-0.39, 0.29) is 11.8 Å². The first kappa shape index (κ1) is 15.6. The van der Waals surface area contributed by atoms with E-state index < -0.39 is 5.91 Å². The average Bonchev–Trinajstić information content (AvgIpc) is 3.10. The van der Waals surface area contributed by atoms with Gasteiger partial charge in [-0.3, -0.25) is 4.79 Å². The lowest BCUT2D eigenvalue weighted by atomic mass is 10.1. The molecule has 0 bridgehead atoms. The Morgan fingerprint density at radius 3 is 2.52 bits per heavy atom. The lowest BCUT2D eigenvalue weighted by Crippen LogP contribution is -2.48. The van der Waals surface area contributed by atoms with E-state index in [1.54, 1.807) is 41.3 Å². The maximum absolute atomic E-state index is 12.9. The van der Waals surface area contributed by atoms with Gasteiger partial charge in [0, 0.05) is 18.1 Å². The SMILES string of the molecule is O=C(c1ccco1)N(C(=O)N1CCCCC1)c1cccc(Cl)c1. The predicted molar refractivity (Wildman–Crippen MR) is 87.8 cm³/mol. The number of hydrogen-bond acceptors (Lipinski definition) is 3. The number of amides is 3. The summed E-state index contributed by atoms with van der Waals surface area (Å²) < 4.78 is 5.17. The largest absolute Gasteiger partial charge is 0.459 e. The molecule has 3 rings (SSSR count). The van der Waals surface area contributed by atoms with Crippen LogP contribution in [-0.4, -0.2) is 29.9 Å². The molecule has 0 unspecified atom stereocenters. The van der Waals surface area contributed by atoms with E-state index in [2.05, 4.69) is 0 Å². The van der Waals surface area contributed by atoms with Crippen molar-refractivity contribution < 1.29 is 14.0 Å². The Kier molecular flexibility index (Phi) is 4.67. The molecule has 5 nitrogen and oxygen atoms in total. The number of hydrogen-bond donors (Lipinski definition) is 0. The number of nitrogens with zero attached hydrogens (tertiary/aromatic N) is 2. The number of anilines is 1. The molecule has 3 amide bonds. The molecule has 120 valence electrons. The second-order valence-electron chi connectivity index (χ2n) is 5.43. The molecule has 6 heteroatoms. The quantitative estimate of drug-likeness (QED) is 0.828. The molecule has 1 aromatic heterocycles.